The molecule has 0 aromatic heterocycles. The van der Waals surface area contributed by atoms with Crippen LogP contribution < -0.4 is 0 Å². The van der Waals surface area contributed by atoms with Gasteiger partial charge < -0.3 is 10.2 Å². The van der Waals surface area contributed by atoms with Crippen molar-refractivity contribution in [2.24, 2.45) is 0 Å². The number of aryl methyl sites for hydroxylation is 1. The molecule has 0 saturated carbocycles. The number of carbonyl (C=O) groups excluding carboxylic acids is 1. The average Bonchev–Trinajstić information content (AvgIpc) is 2.44. The number of carbonyl (C=O) groups is 1. The summed E-state index contributed by atoms with van der Waals surface area (Å²) in [6.45, 7) is 1.98. The van der Waals surface area contributed by atoms with Gasteiger partial charge in [-0.15, -0.1) is 0 Å². The first-order chi connectivity index (χ1) is 9.56. The molecule has 0 fully saturated rings. The van der Waals surface area contributed by atoms with Crippen molar-refractivity contribution in [2.75, 3.05) is 0 Å². The molecule has 0 atom stereocenters. The zero-order valence-corrected chi connectivity index (χ0v) is 11.1. The minimum absolute atomic E-state index is 0.126. The molecule has 20 heavy (non-hydrogen) atoms. The molecule has 0 heterocycles. The largest absolute Gasteiger partial charge is 0.508 e. The number of hydrogen-bond donors (Lipinski definition) is 2. The van der Waals surface area contributed by atoms with Crippen LogP contribution in [-0.2, 0) is 6.42 Å². The number of aliphatic hydroxyl groups excluding tert-OH is 1. The number of phenols is 1. The Morgan fingerprint density at radius 3 is 2.40 bits per heavy atom. The van der Waals surface area contributed by atoms with Crippen molar-refractivity contribution < 1.29 is 15.0 Å². The van der Waals surface area contributed by atoms with E-state index in [0.717, 1.165) is 16.7 Å². The summed E-state index contributed by atoms with van der Waals surface area (Å²) in [6.07, 6.45) is 0.435. The quantitative estimate of drug-likeness (QED) is 0.831. The highest BCUT2D eigenvalue weighted by Crippen LogP contribution is 2.32. The number of ketones is 1. The fourth-order valence-electron chi connectivity index (χ4n) is 2.48. The summed E-state index contributed by atoms with van der Waals surface area (Å²) >= 11 is 0. The molecule has 2 N–H and O–H groups in total. The van der Waals surface area contributed by atoms with E-state index in [-0.39, 0.29) is 17.3 Å². The summed E-state index contributed by atoms with van der Waals surface area (Å²) in [7, 11) is 0. The Kier molecular flexibility index (Phi) is 2.83. The monoisotopic (exact) mass is 266 g/mol. The summed E-state index contributed by atoms with van der Waals surface area (Å²) in [4.78, 5) is 12.2. The van der Waals surface area contributed by atoms with E-state index in [2.05, 4.69) is 0 Å². The summed E-state index contributed by atoms with van der Waals surface area (Å²) in [5.41, 5.74) is 3.75. The number of fused-ring (bicyclic) bond motifs is 1. The van der Waals surface area contributed by atoms with E-state index in [1.54, 1.807) is 12.1 Å². The molecular formula is C17H14O3. The van der Waals surface area contributed by atoms with Crippen LogP contribution in [0.4, 0.5) is 0 Å². The van der Waals surface area contributed by atoms with Crippen LogP contribution in [0.2, 0.25) is 0 Å². The lowest BCUT2D eigenvalue weighted by Crippen LogP contribution is -2.15. The van der Waals surface area contributed by atoms with Crippen LogP contribution in [0, 0.1) is 6.92 Å². The second kappa shape index (κ2) is 4.53. The standard InChI is InChI=1S/C17H14O3/c1-10-2-4-11(5-3-10)15-9-12-8-13(18)6-7-14(12)16(19)17(15)20/h2-8,18,20H,9H2,1H3. The molecule has 0 bridgehead atoms. The van der Waals surface area contributed by atoms with Crippen LogP contribution >= 0.6 is 0 Å². The first kappa shape index (κ1) is 12.5. The molecule has 2 aromatic rings. The Bertz CT molecular complexity index is 724. The molecule has 3 nitrogen and oxygen atoms in total. The van der Waals surface area contributed by atoms with Crippen molar-refractivity contribution in [2.45, 2.75) is 13.3 Å². The van der Waals surface area contributed by atoms with Crippen molar-refractivity contribution >= 4 is 11.4 Å². The van der Waals surface area contributed by atoms with E-state index < -0.39 is 0 Å². The van der Waals surface area contributed by atoms with Gasteiger partial charge in [0.1, 0.15) is 5.75 Å². The number of allylic oxidation sites excluding steroid dienone is 2. The second-order valence-corrected chi connectivity index (χ2v) is 5.04. The highest BCUT2D eigenvalue weighted by atomic mass is 16.3. The van der Waals surface area contributed by atoms with Crippen molar-refractivity contribution in [1.29, 1.82) is 0 Å². The fraction of sp³-hybridized carbons (Fsp3) is 0.118. The van der Waals surface area contributed by atoms with E-state index in [4.69, 9.17) is 0 Å². The Morgan fingerprint density at radius 1 is 1.00 bits per heavy atom. The predicted molar refractivity (Wildman–Crippen MR) is 76.9 cm³/mol. The predicted octanol–water partition coefficient (Wildman–Crippen LogP) is 3.41. The summed E-state index contributed by atoms with van der Waals surface area (Å²) in [5.74, 6) is -0.463. The summed E-state index contributed by atoms with van der Waals surface area (Å²) in [5, 5.41) is 19.7. The number of hydrogen-bond acceptors (Lipinski definition) is 3. The minimum atomic E-state index is -0.387. The lowest BCUT2D eigenvalue weighted by molar-refractivity contribution is 0.0975. The minimum Gasteiger partial charge on any atom is -0.508 e. The number of aromatic hydroxyl groups is 1. The molecule has 1 aliphatic carbocycles. The molecule has 0 spiro atoms. The van der Waals surface area contributed by atoms with Gasteiger partial charge in [0.25, 0.3) is 0 Å². The van der Waals surface area contributed by atoms with Gasteiger partial charge in [0.2, 0.25) is 5.78 Å². The Labute approximate surface area is 116 Å². The third-order valence-corrected chi connectivity index (χ3v) is 3.60. The molecule has 3 heteroatoms. The topological polar surface area (TPSA) is 57.5 Å². The SMILES string of the molecule is Cc1ccc(C2=C(O)C(=O)c3ccc(O)cc3C2)cc1. The summed E-state index contributed by atoms with van der Waals surface area (Å²) in [6, 6.07) is 12.3. The van der Waals surface area contributed by atoms with E-state index in [9.17, 15) is 15.0 Å². The van der Waals surface area contributed by atoms with E-state index >= 15 is 0 Å². The maximum atomic E-state index is 12.2. The maximum Gasteiger partial charge on any atom is 0.227 e. The van der Waals surface area contributed by atoms with Gasteiger partial charge in [-0.05, 0) is 36.2 Å². The third-order valence-electron chi connectivity index (χ3n) is 3.60. The van der Waals surface area contributed by atoms with Gasteiger partial charge in [0.05, 0.1) is 0 Å². The third kappa shape index (κ3) is 1.97. The van der Waals surface area contributed by atoms with Crippen LogP contribution in [-0.4, -0.2) is 16.0 Å². The Morgan fingerprint density at radius 2 is 1.70 bits per heavy atom. The summed E-state index contributed by atoms with van der Waals surface area (Å²) < 4.78 is 0. The first-order valence-corrected chi connectivity index (χ1v) is 6.42. The first-order valence-electron chi connectivity index (χ1n) is 6.42. The molecule has 0 radical (unpaired) electrons. The van der Waals surface area contributed by atoms with Gasteiger partial charge in [-0.1, -0.05) is 29.8 Å². The van der Waals surface area contributed by atoms with Crippen LogP contribution in [0.1, 0.15) is 27.0 Å². The zero-order chi connectivity index (χ0) is 14.3. The molecule has 3 rings (SSSR count). The van der Waals surface area contributed by atoms with Crippen molar-refractivity contribution in [1.82, 2.24) is 0 Å². The van der Waals surface area contributed by atoms with Crippen molar-refractivity contribution in [3.05, 3.63) is 70.5 Å². The van der Waals surface area contributed by atoms with Gasteiger partial charge in [0.15, 0.2) is 5.76 Å². The van der Waals surface area contributed by atoms with Crippen LogP contribution in [0.5, 0.6) is 5.75 Å². The van der Waals surface area contributed by atoms with Gasteiger partial charge in [-0.25, -0.2) is 0 Å². The highest BCUT2D eigenvalue weighted by Gasteiger charge is 2.26. The van der Waals surface area contributed by atoms with E-state index in [1.165, 1.54) is 6.07 Å². The normalized spacial score (nSPS) is 14.3. The van der Waals surface area contributed by atoms with Gasteiger partial charge in [0, 0.05) is 17.6 Å². The lowest BCUT2D eigenvalue weighted by atomic mass is 9.86. The number of benzene rings is 2. The van der Waals surface area contributed by atoms with Crippen LogP contribution in [0.3, 0.4) is 0 Å². The Hall–Kier alpha value is -2.55. The zero-order valence-electron chi connectivity index (χ0n) is 11.1. The number of rotatable bonds is 1. The lowest BCUT2D eigenvalue weighted by Gasteiger charge is -2.19. The van der Waals surface area contributed by atoms with Gasteiger partial charge in [-0.3, -0.25) is 4.79 Å². The molecule has 100 valence electrons. The molecule has 0 unspecified atom stereocenters. The van der Waals surface area contributed by atoms with Crippen LogP contribution in [0.25, 0.3) is 5.57 Å². The van der Waals surface area contributed by atoms with Gasteiger partial charge in [-0.2, -0.15) is 0 Å². The fourth-order valence-corrected chi connectivity index (χ4v) is 2.48. The van der Waals surface area contributed by atoms with Gasteiger partial charge >= 0.3 is 0 Å². The van der Waals surface area contributed by atoms with Crippen molar-refractivity contribution in [3.63, 3.8) is 0 Å². The molecule has 1 aliphatic rings. The van der Waals surface area contributed by atoms with Crippen LogP contribution in [0.15, 0.2) is 48.2 Å². The molecule has 2 aromatic carbocycles. The molecule has 0 aliphatic heterocycles. The number of phenolic OH excluding ortho intramolecular Hbond substituents is 1. The Balaban J connectivity index is 2.11. The number of aliphatic hydroxyl groups is 1. The maximum absolute atomic E-state index is 12.2. The average molecular weight is 266 g/mol. The molecule has 0 saturated heterocycles. The second-order valence-electron chi connectivity index (χ2n) is 5.04. The van der Waals surface area contributed by atoms with E-state index in [0.29, 0.717) is 17.6 Å². The molecular weight excluding hydrogens is 252 g/mol. The van der Waals surface area contributed by atoms with Crippen molar-refractivity contribution in [3.8, 4) is 5.75 Å². The molecule has 0 amide bonds. The number of Topliss-reactive ketones (excluding diaryl/α,β-unsaturated/α-hetero) is 1. The van der Waals surface area contributed by atoms with E-state index in [1.807, 2.05) is 31.2 Å². The smallest absolute Gasteiger partial charge is 0.227 e. The highest BCUT2D eigenvalue weighted by molar-refractivity contribution is 6.14.